The summed E-state index contributed by atoms with van der Waals surface area (Å²) in [6, 6.07) is 17.2. The first-order chi connectivity index (χ1) is 56.9. The Labute approximate surface area is 700 Å². The molecule has 6 aromatic rings. The van der Waals surface area contributed by atoms with Crippen molar-refractivity contribution in [1.29, 1.82) is 0 Å². The largest absolute Gasteiger partial charge is 0.489 e. The monoisotopic (exact) mass is 1570 g/mol. The van der Waals surface area contributed by atoms with Gasteiger partial charge in [0.15, 0.2) is 46.0 Å². The van der Waals surface area contributed by atoms with Crippen LogP contribution in [0.5, 0.6) is 46.0 Å². The Hall–Kier alpha value is -8.76. The maximum atomic E-state index is 7.07. The quantitative estimate of drug-likeness (QED) is 0.0276. The summed E-state index contributed by atoms with van der Waals surface area (Å²) < 4.78 is 56.5. The highest BCUT2D eigenvalue weighted by atomic mass is 16.5. The van der Waals surface area contributed by atoms with Crippen LogP contribution in [0.4, 0.5) is 0 Å². The third-order valence-corrected chi connectivity index (χ3v) is 24.0. The highest BCUT2D eigenvalue weighted by Crippen LogP contribution is 2.43. The molecular weight excluding hydrogens is 1430 g/mol. The van der Waals surface area contributed by atoms with E-state index in [1.165, 1.54) is 0 Å². The zero-order valence-electron chi connectivity index (χ0n) is 74.8. The molecule has 116 heavy (non-hydrogen) atoms. The van der Waals surface area contributed by atoms with Crippen LogP contribution < -0.4 is 58.8 Å². The van der Waals surface area contributed by atoms with Crippen molar-refractivity contribution in [2.45, 2.75) is 316 Å². The summed E-state index contributed by atoms with van der Waals surface area (Å²) in [5.41, 5.74) is 52.4. The zero-order chi connectivity index (χ0) is 83.1. The van der Waals surface area contributed by atoms with Crippen molar-refractivity contribution >= 4 is 66.0 Å². The third-order valence-electron chi connectivity index (χ3n) is 24.0. The Balaban J connectivity index is 1.75. The molecule has 7 rings (SSSR count). The molecular formula is C108H144O8. The zero-order valence-corrected chi connectivity index (χ0v) is 74.8. The molecule has 0 radical (unpaired) electrons. The minimum atomic E-state index is 0.370. The SMILES string of the molecule is CCCCC(CC)COc1cc2c3c(c4cc(OCC(CC)CCCC)c(OCC(CC)CCCC)cc4c2cc1OCC(CC)CCCC)=C=C=C=C=C=C=C=C=c1c(c2cc(OCC(CC)CCCC)c(OCC(CC)CCCC)cc2c2cc(OCC(CC)CCCC)c(OCC(CC)CCCC)cc12)=C=C=C=C=C=C=C=C=3. The minimum Gasteiger partial charge on any atom is -0.489 e. The number of unbranched alkanes of at least 4 members (excludes halogenated alkanes) is 8. The molecule has 0 saturated heterocycles. The second kappa shape index (κ2) is 54.3. The molecule has 0 fully saturated rings. The van der Waals surface area contributed by atoms with Gasteiger partial charge in [-0.2, -0.15) is 0 Å². The van der Waals surface area contributed by atoms with Crippen molar-refractivity contribution < 1.29 is 37.9 Å². The van der Waals surface area contributed by atoms with E-state index in [-0.39, 0.29) is 0 Å². The molecule has 6 aromatic carbocycles. The minimum absolute atomic E-state index is 0.370. The standard InChI is InChI=1S/C108H144O8/c1-17-33-53-81(25-9)73-109-101-65-93-89-61-49-45-41-42-47-51-63-91-92(64-52-48-44-43-46-50-62-90(89)94-66-102(110-74-82(26-10)54-34-18-2)106(114-78-86(30-14)58-38-22-6)70-98(94)97(93)69-105(101)113-77-85(29-13)57-37-21-5)96-68-104(112-76-84(28-12)56-36-20-4)108(116-80-88(32-16)60-40-24-8)72-100(96)99-71-107(115-79-87(31-15)59-39-23-7)103(67-95(91)99)111-75-83(27-11)55-35-19-3/h65-72,81-88H,17-40,53-60,73-80H2,1-16H3. The Kier molecular flexibility index (Phi) is 44.2. The molecule has 1 aliphatic carbocycles. The highest BCUT2D eigenvalue weighted by Gasteiger charge is 2.24. The Morgan fingerprint density at radius 2 is 0.310 bits per heavy atom. The van der Waals surface area contributed by atoms with Crippen molar-refractivity contribution in [2.24, 2.45) is 47.3 Å². The fourth-order valence-corrected chi connectivity index (χ4v) is 15.4. The number of benzene rings is 6. The van der Waals surface area contributed by atoms with Gasteiger partial charge in [-0.3, -0.25) is 0 Å². The molecule has 0 aromatic heterocycles. The van der Waals surface area contributed by atoms with E-state index in [4.69, 9.17) is 37.9 Å². The van der Waals surface area contributed by atoms with Crippen LogP contribution in [0.15, 0.2) is 117 Å². The van der Waals surface area contributed by atoms with Crippen LogP contribution in [-0.4, -0.2) is 52.9 Å². The molecule has 0 bridgehead atoms. The van der Waals surface area contributed by atoms with E-state index in [1.807, 2.05) is 0 Å². The summed E-state index contributed by atoms with van der Waals surface area (Å²) >= 11 is 0. The molecule has 8 nitrogen and oxygen atoms in total. The summed E-state index contributed by atoms with van der Waals surface area (Å²) in [5, 5.41) is 9.76. The highest BCUT2D eigenvalue weighted by molar-refractivity contribution is 6.11. The van der Waals surface area contributed by atoms with Gasteiger partial charge in [-0.25, -0.2) is 0 Å². The van der Waals surface area contributed by atoms with Gasteiger partial charge in [0.25, 0.3) is 0 Å². The normalized spacial score (nSPS) is 13.6. The molecule has 0 aliphatic heterocycles. The van der Waals surface area contributed by atoms with Crippen LogP contribution in [-0.2, 0) is 0 Å². The summed E-state index contributed by atoms with van der Waals surface area (Å²) in [6.07, 6.45) is 34.9. The van der Waals surface area contributed by atoms with Gasteiger partial charge in [0.05, 0.1) is 52.9 Å². The summed E-state index contributed by atoms with van der Waals surface area (Å²) in [5.74, 6) is 8.53. The third kappa shape index (κ3) is 29.4. The maximum Gasteiger partial charge on any atom is 0.161 e. The van der Waals surface area contributed by atoms with Gasteiger partial charge in [0, 0.05) is 42.4 Å². The van der Waals surface area contributed by atoms with E-state index >= 15 is 0 Å². The first kappa shape index (κ1) is 94.4. The van der Waals surface area contributed by atoms with Crippen LogP contribution in [0.3, 0.4) is 0 Å². The van der Waals surface area contributed by atoms with Crippen LogP contribution in [0.25, 0.3) is 66.0 Å². The van der Waals surface area contributed by atoms with E-state index in [1.54, 1.807) is 0 Å². The van der Waals surface area contributed by atoms with E-state index < -0.39 is 0 Å². The van der Waals surface area contributed by atoms with Crippen molar-refractivity contribution in [3.8, 4) is 46.0 Å². The van der Waals surface area contributed by atoms with Gasteiger partial charge >= 0.3 is 0 Å². The average molecular weight is 1570 g/mol. The number of hydrogen-bond donors (Lipinski definition) is 0. The van der Waals surface area contributed by atoms with Gasteiger partial charge in [-0.15, -0.1) is 0 Å². The van der Waals surface area contributed by atoms with Gasteiger partial charge in [0.1, 0.15) is 0 Å². The second-order valence-corrected chi connectivity index (χ2v) is 32.7. The number of rotatable bonds is 56. The van der Waals surface area contributed by atoms with E-state index in [2.05, 4.69) is 251 Å². The first-order valence-electron chi connectivity index (χ1n) is 46.2. The van der Waals surface area contributed by atoms with Gasteiger partial charge in [0.2, 0.25) is 0 Å². The Morgan fingerprint density at radius 3 is 0.440 bits per heavy atom. The van der Waals surface area contributed by atoms with Crippen molar-refractivity contribution in [3.05, 3.63) is 138 Å². The lowest BCUT2D eigenvalue weighted by molar-refractivity contribution is 0.199. The molecule has 0 N–H and O–H groups in total. The predicted octanol–water partition coefficient (Wildman–Crippen LogP) is 27.3. The van der Waals surface area contributed by atoms with Gasteiger partial charge in [-0.05, 0) is 238 Å². The molecule has 8 heteroatoms. The predicted molar refractivity (Wildman–Crippen MR) is 488 cm³/mol. The number of hydrogen-bond acceptors (Lipinski definition) is 8. The smallest absolute Gasteiger partial charge is 0.161 e. The summed E-state index contributed by atoms with van der Waals surface area (Å²) in [4.78, 5) is 0. The van der Waals surface area contributed by atoms with E-state index in [0.717, 1.165) is 249 Å². The molecule has 8 atom stereocenters. The number of fused-ring (bicyclic) bond motifs is 12. The first-order valence-corrected chi connectivity index (χ1v) is 46.2. The lowest BCUT2D eigenvalue weighted by Gasteiger charge is -2.22. The second-order valence-electron chi connectivity index (χ2n) is 32.7. The van der Waals surface area contributed by atoms with Crippen molar-refractivity contribution in [1.82, 2.24) is 0 Å². The summed E-state index contributed by atoms with van der Waals surface area (Å²) in [7, 11) is 0. The molecule has 0 spiro atoms. The van der Waals surface area contributed by atoms with Crippen LogP contribution in [0.2, 0.25) is 0 Å². The molecule has 0 heterocycles. The Bertz CT molecular complexity index is 4330. The van der Waals surface area contributed by atoms with E-state index in [9.17, 15) is 0 Å². The number of ether oxygens (including phenoxy) is 8. The average Bonchev–Trinajstić information content (AvgIpc) is 0.741. The van der Waals surface area contributed by atoms with Gasteiger partial charge < -0.3 is 37.9 Å². The lowest BCUT2D eigenvalue weighted by Crippen LogP contribution is -2.25. The van der Waals surface area contributed by atoms with Crippen molar-refractivity contribution in [2.75, 3.05) is 52.9 Å². The fourth-order valence-electron chi connectivity index (χ4n) is 15.4. The topological polar surface area (TPSA) is 73.8 Å². The molecule has 8 unspecified atom stereocenters. The Morgan fingerprint density at radius 1 is 0.181 bits per heavy atom. The maximum absolute atomic E-state index is 7.07. The fraction of sp³-hybridized carbons (Fsp3) is 0.593. The summed E-state index contributed by atoms with van der Waals surface area (Å²) in [6.45, 7) is 40.7. The molecule has 0 amide bonds. The molecule has 624 valence electrons. The lowest BCUT2D eigenvalue weighted by atomic mass is 9.96. The van der Waals surface area contributed by atoms with Crippen LogP contribution in [0.1, 0.15) is 316 Å². The van der Waals surface area contributed by atoms with Crippen molar-refractivity contribution in [3.63, 3.8) is 0 Å². The molecule has 1 aliphatic rings. The molecule has 0 saturated carbocycles. The van der Waals surface area contributed by atoms with E-state index in [0.29, 0.717) is 167 Å². The van der Waals surface area contributed by atoms with Crippen LogP contribution >= 0.6 is 0 Å². The van der Waals surface area contributed by atoms with Crippen LogP contribution in [0, 0.1) is 47.3 Å². The van der Waals surface area contributed by atoms with Gasteiger partial charge in [-0.1, -0.05) is 288 Å².